The van der Waals surface area contributed by atoms with Crippen molar-refractivity contribution in [2.24, 2.45) is 0 Å². The van der Waals surface area contributed by atoms with E-state index >= 15 is 0 Å². The van der Waals surface area contributed by atoms with E-state index in [-0.39, 0.29) is 18.4 Å². The topological polar surface area (TPSA) is 88.4 Å². The predicted octanol–water partition coefficient (Wildman–Crippen LogP) is 5.92. The van der Waals surface area contributed by atoms with Crippen molar-refractivity contribution in [3.63, 3.8) is 0 Å². The van der Waals surface area contributed by atoms with Crippen molar-refractivity contribution < 1.29 is 14.6 Å². The van der Waals surface area contributed by atoms with Gasteiger partial charge in [0, 0.05) is 18.3 Å². The van der Waals surface area contributed by atoms with Crippen LogP contribution >= 0.6 is 22.9 Å². The highest BCUT2D eigenvalue weighted by Gasteiger charge is 2.21. The summed E-state index contributed by atoms with van der Waals surface area (Å²) in [6.45, 7) is 2.38. The summed E-state index contributed by atoms with van der Waals surface area (Å²) in [5.74, 6) is 0.711. The molecule has 4 rings (SSSR count). The van der Waals surface area contributed by atoms with Gasteiger partial charge in [0.25, 0.3) is 0 Å². The summed E-state index contributed by atoms with van der Waals surface area (Å²) in [6.07, 6.45) is 0.573. The SMILES string of the molecule is COc1cc(C)cc(-c2nc(CN(Cc3ccccc3)C(=O)O)sc2-c2ccnc(Cl)n2)c1. The number of hydrogen-bond donors (Lipinski definition) is 1. The molecule has 0 unspecified atom stereocenters. The second kappa shape index (κ2) is 9.97. The lowest BCUT2D eigenvalue weighted by Gasteiger charge is -2.17. The molecule has 0 aliphatic carbocycles. The average molecular weight is 481 g/mol. The maximum Gasteiger partial charge on any atom is 0.407 e. The highest BCUT2D eigenvalue weighted by molar-refractivity contribution is 7.15. The molecular formula is C24H21ClN4O3S. The first kappa shape index (κ1) is 22.7. The normalized spacial score (nSPS) is 10.8. The van der Waals surface area contributed by atoms with Crippen LogP contribution in [0.4, 0.5) is 4.79 Å². The van der Waals surface area contributed by atoms with Gasteiger partial charge in [0.2, 0.25) is 5.28 Å². The van der Waals surface area contributed by atoms with Gasteiger partial charge in [-0.1, -0.05) is 30.3 Å². The molecule has 168 valence electrons. The molecule has 0 radical (unpaired) electrons. The van der Waals surface area contributed by atoms with Crippen molar-refractivity contribution in [2.45, 2.75) is 20.0 Å². The number of halogens is 1. The van der Waals surface area contributed by atoms with Crippen LogP contribution in [0, 0.1) is 6.92 Å². The van der Waals surface area contributed by atoms with E-state index in [1.165, 1.54) is 16.2 Å². The van der Waals surface area contributed by atoms with Gasteiger partial charge in [-0.3, -0.25) is 4.90 Å². The van der Waals surface area contributed by atoms with Crippen LogP contribution in [0.5, 0.6) is 5.75 Å². The third kappa shape index (κ3) is 5.47. The third-order valence-corrected chi connectivity index (χ3v) is 6.15. The lowest BCUT2D eigenvalue weighted by Crippen LogP contribution is -2.28. The van der Waals surface area contributed by atoms with E-state index < -0.39 is 6.09 Å². The highest BCUT2D eigenvalue weighted by Crippen LogP contribution is 2.38. The number of benzene rings is 2. The molecule has 7 nitrogen and oxygen atoms in total. The standard InChI is InChI=1S/C24H21ClN4O3S/c1-15-10-17(12-18(11-15)32-2)21-22(19-8-9-26-23(25)27-19)33-20(28-21)14-29(24(30)31)13-16-6-4-3-5-7-16/h3-12H,13-14H2,1-2H3,(H,30,31). The quantitative estimate of drug-likeness (QED) is 0.330. The lowest BCUT2D eigenvalue weighted by molar-refractivity contribution is 0.139. The first-order valence-corrected chi connectivity index (χ1v) is 11.3. The number of carboxylic acid groups (broad SMARTS) is 1. The number of thiazole rings is 1. The minimum atomic E-state index is -1.01. The second-order valence-electron chi connectivity index (χ2n) is 7.36. The van der Waals surface area contributed by atoms with Gasteiger partial charge in [-0.15, -0.1) is 11.3 Å². The van der Waals surface area contributed by atoms with Crippen molar-refractivity contribution in [2.75, 3.05) is 7.11 Å². The molecule has 0 aliphatic rings. The summed E-state index contributed by atoms with van der Waals surface area (Å²) in [5.41, 5.74) is 4.09. The molecule has 4 aromatic rings. The van der Waals surface area contributed by atoms with Gasteiger partial charge in [-0.2, -0.15) is 0 Å². The summed E-state index contributed by atoms with van der Waals surface area (Å²) in [4.78, 5) is 27.2. The number of rotatable bonds is 7. The molecule has 0 saturated heterocycles. The summed E-state index contributed by atoms with van der Waals surface area (Å²) >= 11 is 7.43. The fraction of sp³-hybridized carbons (Fsp3) is 0.167. The van der Waals surface area contributed by atoms with Crippen LogP contribution in [0.3, 0.4) is 0 Å². The maximum absolute atomic E-state index is 12.0. The highest BCUT2D eigenvalue weighted by atomic mass is 35.5. The number of nitrogens with zero attached hydrogens (tertiary/aromatic N) is 4. The van der Waals surface area contributed by atoms with Crippen molar-refractivity contribution in [3.8, 4) is 27.6 Å². The Morgan fingerprint density at radius 3 is 2.61 bits per heavy atom. The number of carbonyl (C=O) groups is 1. The Bertz CT molecular complexity index is 1280. The van der Waals surface area contributed by atoms with Crippen molar-refractivity contribution in [1.82, 2.24) is 19.9 Å². The summed E-state index contributed by atoms with van der Waals surface area (Å²) in [5, 5.41) is 10.6. The fourth-order valence-electron chi connectivity index (χ4n) is 3.42. The zero-order valence-electron chi connectivity index (χ0n) is 18.0. The molecule has 0 spiro atoms. The molecule has 0 atom stereocenters. The van der Waals surface area contributed by atoms with Crippen molar-refractivity contribution in [3.05, 3.63) is 82.2 Å². The van der Waals surface area contributed by atoms with Crippen LogP contribution in [0.25, 0.3) is 21.8 Å². The molecule has 9 heteroatoms. The smallest absolute Gasteiger partial charge is 0.407 e. The number of aryl methyl sites for hydroxylation is 1. The van der Waals surface area contributed by atoms with Gasteiger partial charge in [0.1, 0.15) is 10.8 Å². The van der Waals surface area contributed by atoms with Crippen LogP contribution < -0.4 is 4.74 Å². The van der Waals surface area contributed by atoms with Gasteiger partial charge in [0.15, 0.2) is 0 Å². The molecule has 1 N–H and O–H groups in total. The molecule has 2 aromatic carbocycles. The number of amides is 1. The molecule has 2 aromatic heterocycles. The third-order valence-electron chi connectivity index (χ3n) is 4.90. The first-order chi connectivity index (χ1) is 15.9. The van der Waals surface area contributed by atoms with Gasteiger partial charge in [-0.05, 0) is 53.9 Å². The number of hydrogen-bond acceptors (Lipinski definition) is 6. The van der Waals surface area contributed by atoms with Crippen LogP contribution in [-0.2, 0) is 13.1 Å². The predicted molar refractivity (Wildman–Crippen MR) is 129 cm³/mol. The molecule has 0 bridgehead atoms. The molecule has 0 fully saturated rings. The number of aromatic nitrogens is 3. The lowest BCUT2D eigenvalue weighted by atomic mass is 10.1. The Morgan fingerprint density at radius 1 is 1.12 bits per heavy atom. The first-order valence-electron chi connectivity index (χ1n) is 10.1. The Hall–Kier alpha value is -3.49. The van der Waals surface area contributed by atoms with Crippen LogP contribution in [-0.4, -0.2) is 38.2 Å². The van der Waals surface area contributed by atoms with Gasteiger partial charge >= 0.3 is 6.09 Å². The van der Waals surface area contributed by atoms with Crippen LogP contribution in [0.1, 0.15) is 16.1 Å². The Balaban J connectivity index is 1.76. The summed E-state index contributed by atoms with van der Waals surface area (Å²) in [7, 11) is 1.62. The van der Waals surface area contributed by atoms with Crippen molar-refractivity contribution >= 4 is 29.0 Å². The molecule has 33 heavy (non-hydrogen) atoms. The van der Waals surface area contributed by atoms with Gasteiger partial charge < -0.3 is 9.84 Å². The Morgan fingerprint density at radius 2 is 1.91 bits per heavy atom. The van der Waals surface area contributed by atoms with E-state index in [2.05, 4.69) is 9.97 Å². The summed E-state index contributed by atoms with van der Waals surface area (Å²) in [6, 6.07) is 17.1. The Labute approximate surface area is 200 Å². The minimum absolute atomic E-state index is 0.131. The van der Waals surface area contributed by atoms with Gasteiger partial charge in [-0.25, -0.2) is 19.7 Å². The summed E-state index contributed by atoms with van der Waals surface area (Å²) < 4.78 is 5.43. The zero-order valence-corrected chi connectivity index (χ0v) is 19.6. The maximum atomic E-state index is 12.0. The van der Waals surface area contributed by atoms with E-state index in [9.17, 15) is 9.90 Å². The van der Waals surface area contributed by atoms with Crippen molar-refractivity contribution in [1.29, 1.82) is 0 Å². The number of ether oxygens (including phenoxy) is 1. The molecule has 0 saturated carbocycles. The van der Waals surface area contributed by atoms with Crippen LogP contribution in [0.2, 0.25) is 5.28 Å². The molecule has 1 amide bonds. The second-order valence-corrected chi connectivity index (χ2v) is 8.78. The Kier molecular flexibility index (Phi) is 6.86. The molecular weight excluding hydrogens is 460 g/mol. The van der Waals surface area contributed by atoms with E-state index in [0.717, 1.165) is 21.6 Å². The fourth-order valence-corrected chi connectivity index (χ4v) is 4.64. The van der Waals surface area contributed by atoms with E-state index in [4.69, 9.17) is 21.3 Å². The average Bonchev–Trinajstić information content (AvgIpc) is 3.23. The molecule has 0 aliphatic heterocycles. The van der Waals surface area contributed by atoms with E-state index in [0.29, 0.717) is 22.1 Å². The minimum Gasteiger partial charge on any atom is -0.497 e. The monoisotopic (exact) mass is 480 g/mol. The largest absolute Gasteiger partial charge is 0.497 e. The van der Waals surface area contributed by atoms with Crippen LogP contribution in [0.15, 0.2) is 60.8 Å². The molecule has 2 heterocycles. The van der Waals surface area contributed by atoms with E-state index in [1.54, 1.807) is 19.4 Å². The van der Waals surface area contributed by atoms with E-state index in [1.807, 2.05) is 55.5 Å². The van der Waals surface area contributed by atoms with Gasteiger partial charge in [0.05, 0.1) is 29.9 Å². The zero-order chi connectivity index (χ0) is 23.4. The number of methoxy groups -OCH3 is 1.